The second-order valence-electron chi connectivity index (χ2n) is 18.0. The lowest BCUT2D eigenvalue weighted by Gasteiger charge is -2.37. The molecule has 0 heterocycles. The Labute approximate surface area is 497 Å². The molecule has 24 heteroatoms. The van der Waals surface area contributed by atoms with Gasteiger partial charge in [-0.25, -0.2) is 8.78 Å². The lowest BCUT2D eigenvalue weighted by Crippen LogP contribution is -2.46. The molecule has 0 spiro atoms. The number of carbonyl (C=O) groups excluding carboxylic acids is 1. The van der Waals surface area contributed by atoms with Crippen LogP contribution in [0.4, 0.5) is 17.6 Å². The van der Waals surface area contributed by atoms with Crippen LogP contribution in [-0.2, 0) is 86.1 Å². The van der Waals surface area contributed by atoms with Crippen molar-refractivity contribution < 1.29 is 108 Å². The Balaban J connectivity index is 0.772. The lowest BCUT2D eigenvalue weighted by molar-refractivity contribution is -0.136. The smallest absolute Gasteiger partial charge is 0.313 e. The molecule has 0 aliphatic rings. The third-order valence-electron chi connectivity index (χ3n) is 11.9. The zero-order valence-corrected chi connectivity index (χ0v) is 49.0. The van der Waals surface area contributed by atoms with E-state index >= 15 is 0 Å². The fraction of sp³-hybridized carbons (Fsp3) is 0.590. The van der Waals surface area contributed by atoms with Gasteiger partial charge in [-0.15, -0.1) is 0 Å². The van der Waals surface area contributed by atoms with E-state index in [-0.39, 0.29) is 25.9 Å². The topological polar surface area (TPSA) is 195 Å². The van der Waals surface area contributed by atoms with Crippen molar-refractivity contribution in [2.24, 2.45) is 0 Å². The minimum absolute atomic E-state index is 0.0177. The van der Waals surface area contributed by atoms with E-state index in [1.54, 1.807) is 7.11 Å². The van der Waals surface area contributed by atoms with Crippen molar-refractivity contribution in [3.63, 3.8) is 0 Å². The Kier molecular flexibility index (Phi) is 42.1. The number of esters is 1. The highest BCUT2D eigenvalue weighted by Gasteiger charge is 2.36. The van der Waals surface area contributed by atoms with Crippen molar-refractivity contribution in [1.29, 1.82) is 0 Å². The van der Waals surface area contributed by atoms with Gasteiger partial charge in [-0.05, 0) is 28.8 Å². The zero-order chi connectivity index (χ0) is 60.4. The van der Waals surface area contributed by atoms with Crippen molar-refractivity contribution >= 4 is 5.97 Å². The van der Waals surface area contributed by atoms with E-state index in [4.69, 9.17) is 80.5 Å². The number of methoxy groups -OCH3 is 1. The summed E-state index contributed by atoms with van der Waals surface area (Å²) in [6.45, 7) is 13.6. The van der Waals surface area contributed by atoms with E-state index in [0.29, 0.717) is 198 Å². The maximum absolute atomic E-state index is 13.6. The number of halogens is 4. The molecule has 1 N–H and O–H groups in total. The number of carbonyl (C=O) groups is 1. The molecule has 20 nitrogen and oxygen atoms in total. The molecule has 0 aliphatic heterocycles. The van der Waals surface area contributed by atoms with Gasteiger partial charge in [0, 0.05) is 12.6 Å². The van der Waals surface area contributed by atoms with E-state index in [2.05, 4.69) is 70.7 Å². The third-order valence-corrected chi connectivity index (χ3v) is 11.9. The first-order chi connectivity index (χ1) is 41.9. The summed E-state index contributed by atoms with van der Waals surface area (Å²) >= 11 is 0. The molecule has 0 fully saturated rings. The summed E-state index contributed by atoms with van der Waals surface area (Å²) < 4.78 is 152. The molecule has 0 saturated carbocycles. The van der Waals surface area contributed by atoms with Gasteiger partial charge >= 0.3 is 5.97 Å². The summed E-state index contributed by atoms with van der Waals surface area (Å²) in [4.78, 5) is 11.7. The lowest BCUT2D eigenvalue weighted by atomic mass is 9.77. The van der Waals surface area contributed by atoms with Crippen LogP contribution in [-0.4, -0.2) is 231 Å². The third kappa shape index (κ3) is 32.7. The van der Waals surface area contributed by atoms with E-state index < -0.39 is 46.9 Å². The highest BCUT2D eigenvalue weighted by Crippen LogP contribution is 2.37. The van der Waals surface area contributed by atoms with Gasteiger partial charge in [-0.2, -0.15) is 8.78 Å². The number of hydrogen-bond acceptors (Lipinski definition) is 20. The van der Waals surface area contributed by atoms with Gasteiger partial charge in [0.2, 0.25) is 17.4 Å². The average molecular weight is 1210 g/mol. The van der Waals surface area contributed by atoms with Gasteiger partial charge in [-0.1, -0.05) is 72.8 Å². The molecule has 0 saturated heterocycles. The van der Waals surface area contributed by atoms with Crippen LogP contribution in [0.25, 0.3) is 0 Å². The van der Waals surface area contributed by atoms with Crippen molar-refractivity contribution in [2.45, 2.75) is 12.0 Å². The van der Waals surface area contributed by atoms with Gasteiger partial charge in [0.25, 0.3) is 0 Å². The van der Waals surface area contributed by atoms with Crippen LogP contribution in [0, 0.1) is 23.3 Å². The normalized spacial score (nSPS) is 11.7. The number of nitrogens with one attached hydrogen (secondary N) is 1. The Morgan fingerprint density at radius 3 is 0.894 bits per heavy atom. The van der Waals surface area contributed by atoms with Crippen LogP contribution >= 0.6 is 0 Å². The largest absolute Gasteiger partial charge is 0.497 e. The fourth-order valence-corrected chi connectivity index (χ4v) is 7.70. The number of rotatable bonds is 57. The van der Waals surface area contributed by atoms with Gasteiger partial charge < -0.3 is 85.3 Å². The molecule has 0 amide bonds. The fourth-order valence-electron chi connectivity index (χ4n) is 7.70. The Hall–Kier alpha value is -4.81. The molecule has 0 radical (unpaired) electrons. The predicted molar refractivity (Wildman–Crippen MR) is 303 cm³/mol. The first-order valence-corrected chi connectivity index (χ1v) is 28.6. The predicted octanol–water partition coefficient (Wildman–Crippen LogP) is 6.39. The molecule has 478 valence electrons. The Bertz CT molecular complexity index is 2170. The maximum atomic E-state index is 13.6. The van der Waals surface area contributed by atoms with Crippen molar-refractivity contribution in [3.8, 4) is 11.5 Å². The average Bonchev–Trinajstić information content (AvgIpc) is 2.80. The second kappa shape index (κ2) is 49.2. The van der Waals surface area contributed by atoms with Gasteiger partial charge in [-0.3, -0.25) is 10.1 Å². The highest BCUT2D eigenvalue weighted by atomic mass is 19.2. The van der Waals surface area contributed by atoms with Crippen LogP contribution in [0.2, 0.25) is 0 Å². The van der Waals surface area contributed by atoms with E-state index in [0.717, 1.165) is 22.4 Å². The van der Waals surface area contributed by atoms with E-state index in [1.807, 2.05) is 24.3 Å². The first kappa shape index (κ1) is 72.7. The van der Waals surface area contributed by atoms with E-state index in [9.17, 15) is 22.4 Å². The number of ether oxygens (including phenoxy) is 18. The van der Waals surface area contributed by atoms with Crippen LogP contribution < -0.4 is 14.8 Å². The molecule has 0 aromatic heterocycles. The summed E-state index contributed by atoms with van der Waals surface area (Å²) in [5.74, 6) is -8.70. The standard InChI is InChI=1S/C61H87F4NO19/c1-68-54-14-12-53(13-15-54)61(51-8-4-2-5-9-51,52-10-6-3-7-11-52)66-17-19-70-21-23-72-25-27-74-29-31-76-33-35-78-37-39-80-41-43-82-45-47-84-49-48-83-46-44-81-42-40-79-38-36-77-34-32-75-30-28-73-26-24-71-22-20-69-18-16-57(67)85-60-58(64)55(62)50-56(63)59(60)65/h2-15,50,66H,16-49H2,1H3. The van der Waals surface area contributed by atoms with Crippen LogP contribution in [0.1, 0.15) is 23.1 Å². The summed E-state index contributed by atoms with van der Waals surface area (Å²) in [6.07, 6.45) is -0.400. The Morgan fingerprint density at radius 1 is 0.353 bits per heavy atom. The Morgan fingerprint density at radius 2 is 0.612 bits per heavy atom. The van der Waals surface area contributed by atoms with Gasteiger partial charge in [0.1, 0.15) is 5.75 Å². The second-order valence-corrected chi connectivity index (χ2v) is 18.0. The van der Waals surface area contributed by atoms with Crippen LogP contribution in [0.5, 0.6) is 11.5 Å². The molecule has 0 bridgehead atoms. The van der Waals surface area contributed by atoms with Crippen molar-refractivity contribution in [1.82, 2.24) is 5.32 Å². The number of hydrogen-bond donors (Lipinski definition) is 1. The van der Waals surface area contributed by atoms with Gasteiger partial charge in [0.15, 0.2) is 11.6 Å². The summed E-state index contributed by atoms with van der Waals surface area (Å²) in [6, 6.07) is 29.1. The maximum Gasteiger partial charge on any atom is 0.313 e. The molecular formula is C61H87F4NO19. The summed E-state index contributed by atoms with van der Waals surface area (Å²) in [5.41, 5.74) is 2.78. The number of benzene rings is 4. The highest BCUT2D eigenvalue weighted by molar-refractivity contribution is 5.72. The molecule has 4 aromatic carbocycles. The van der Waals surface area contributed by atoms with Crippen LogP contribution in [0.3, 0.4) is 0 Å². The zero-order valence-electron chi connectivity index (χ0n) is 49.0. The summed E-state index contributed by atoms with van der Waals surface area (Å²) in [5, 5.41) is 3.82. The first-order valence-electron chi connectivity index (χ1n) is 28.6. The van der Waals surface area contributed by atoms with Crippen molar-refractivity contribution in [2.75, 3.05) is 225 Å². The van der Waals surface area contributed by atoms with Crippen LogP contribution in [0.15, 0.2) is 91.0 Å². The molecular weight excluding hydrogens is 1130 g/mol. The minimum atomic E-state index is -1.80. The molecule has 0 unspecified atom stereocenters. The van der Waals surface area contributed by atoms with Gasteiger partial charge in [0.05, 0.1) is 230 Å². The summed E-state index contributed by atoms with van der Waals surface area (Å²) in [7, 11) is 1.67. The monoisotopic (exact) mass is 1210 g/mol. The quantitative estimate of drug-likeness (QED) is 0.0127. The minimum Gasteiger partial charge on any atom is -0.497 e. The van der Waals surface area contributed by atoms with E-state index in [1.165, 1.54) is 0 Å². The van der Waals surface area contributed by atoms with Crippen molar-refractivity contribution in [3.05, 3.63) is 131 Å². The molecule has 4 aromatic rings. The molecule has 4 rings (SSSR count). The molecule has 0 atom stereocenters. The SMILES string of the molecule is COc1ccc(C(NCCOCCOCCOCCOCCOCCOCCOCCOCCOCCOCCOCCOCCOCCOCCOCCOCCC(=O)Oc2c(F)c(F)cc(F)c2F)(c2ccccc2)c2ccccc2)cc1. The molecule has 85 heavy (non-hydrogen) atoms. The molecule has 0 aliphatic carbocycles.